The zero-order valence-corrected chi connectivity index (χ0v) is 36.0. The SMILES string of the molecule is Fc1c(F)c(F)c2c(c1F)-c1nc-2c(-c2ccccc2)c2[nH]c(c(-c3ccccc3)c3nc(c(-c4ccccc4)c4[nH]c(n1)c1c(F)c(F)c(F)c(F)c41)-c1c(F)c(F)c(F)c(F)c1-3)c1c(F)c(F)c(F)c(F)c21. The largest absolute Gasteiger partial charge is 0.353 e. The van der Waals surface area contributed by atoms with Crippen LogP contribution in [0, 0.1) is 93.1 Å². The molecule has 0 saturated heterocycles. The number of aromatic nitrogens is 5. The molecule has 2 aliphatic heterocycles. The summed E-state index contributed by atoms with van der Waals surface area (Å²) in [5.74, 6) is -39.2. The van der Waals surface area contributed by atoms with E-state index in [1.165, 1.54) is 66.7 Å². The predicted octanol–water partition coefficient (Wildman–Crippen LogP) is 15.9. The fraction of sp³-hybridized carbons (Fsp3) is 0. The second-order valence-electron chi connectivity index (χ2n) is 16.7. The third-order valence-corrected chi connectivity index (χ3v) is 12.8. The van der Waals surface area contributed by atoms with Crippen LogP contribution in [0.4, 0.5) is 70.2 Å². The molecule has 0 radical (unpaired) electrons. The highest BCUT2D eigenvalue weighted by Gasteiger charge is 2.40. The molecule has 5 nitrogen and oxygen atoms in total. The molecule has 0 saturated carbocycles. The van der Waals surface area contributed by atoms with E-state index in [-0.39, 0.29) is 16.7 Å². The molecule has 366 valence electrons. The smallest absolute Gasteiger partial charge is 0.198 e. The third kappa shape index (κ3) is 6.11. The van der Waals surface area contributed by atoms with E-state index >= 15 is 70.2 Å². The monoisotopic (exact) mass is 1030 g/mol. The number of nitrogens with one attached hydrogen (secondary N) is 2. The molecule has 0 fully saturated rings. The van der Waals surface area contributed by atoms with Crippen molar-refractivity contribution in [3.8, 4) is 78.5 Å². The Kier molecular flexibility index (Phi) is 10.1. The standard InChI is InChI=1S/C53H17F16N5/c54-30-22-24(32(56)40(64)38(30)62)48-20(17-12-6-2-7-13-17)50-26-28(36(60)44(68)42(66)34(26)58)52(72-50)74-53-29-27(35(59)43(67)45(69)37(29)61)51(73-53)21(18-14-8-3-9-15-18)49-25-23(31(55)39(63)41(65)33(25)57)47(71-49)19(46(22)70-48)16-10-4-1-5-11-16/h1-15,70H,(H,72,73,74). The van der Waals surface area contributed by atoms with Gasteiger partial charge in [-0.1, -0.05) is 91.0 Å². The second kappa shape index (κ2) is 16.3. The normalized spacial score (nSPS) is 12.1. The molecular weight excluding hydrogens is 1010 g/mol. The minimum absolute atomic E-state index is 0.312. The molecule has 2 aliphatic rings. The molecule has 74 heavy (non-hydrogen) atoms. The van der Waals surface area contributed by atoms with Crippen LogP contribution < -0.4 is 0 Å². The Morgan fingerprint density at radius 3 is 0.905 bits per heavy atom. The van der Waals surface area contributed by atoms with Gasteiger partial charge < -0.3 is 9.97 Å². The lowest BCUT2D eigenvalue weighted by Gasteiger charge is -2.11. The van der Waals surface area contributed by atoms with Crippen LogP contribution >= 0.6 is 0 Å². The molecule has 0 atom stereocenters. The van der Waals surface area contributed by atoms with Crippen molar-refractivity contribution >= 4 is 43.7 Å². The molecule has 0 unspecified atom stereocenters. The predicted molar refractivity (Wildman–Crippen MR) is 238 cm³/mol. The van der Waals surface area contributed by atoms with E-state index in [1.54, 1.807) is 0 Å². The summed E-state index contributed by atoms with van der Waals surface area (Å²) in [4.78, 5) is 17.6. The Balaban J connectivity index is 1.53. The van der Waals surface area contributed by atoms with Gasteiger partial charge in [0, 0.05) is 16.7 Å². The zero-order chi connectivity index (χ0) is 52.1. The number of hydrogen-bond donors (Lipinski definition) is 2. The van der Waals surface area contributed by atoms with Crippen molar-refractivity contribution in [2.45, 2.75) is 0 Å². The van der Waals surface area contributed by atoms with Crippen LogP contribution in [0.5, 0.6) is 0 Å². The van der Waals surface area contributed by atoms with E-state index in [0.29, 0.717) is 0 Å². The van der Waals surface area contributed by atoms with Gasteiger partial charge >= 0.3 is 0 Å². The molecule has 12 rings (SSSR count). The summed E-state index contributed by atoms with van der Waals surface area (Å²) in [6, 6.07) is 18.7. The summed E-state index contributed by atoms with van der Waals surface area (Å²) in [6.45, 7) is 0. The van der Waals surface area contributed by atoms with Crippen molar-refractivity contribution in [2.75, 3.05) is 0 Å². The van der Waals surface area contributed by atoms with Crippen molar-refractivity contribution in [2.24, 2.45) is 0 Å². The van der Waals surface area contributed by atoms with E-state index in [0.717, 1.165) is 24.3 Å². The van der Waals surface area contributed by atoms with Crippen molar-refractivity contribution in [3.63, 3.8) is 0 Å². The first-order valence-corrected chi connectivity index (χ1v) is 21.3. The molecule has 2 N–H and O–H groups in total. The van der Waals surface area contributed by atoms with Crippen LogP contribution in [0.1, 0.15) is 0 Å². The lowest BCUT2D eigenvalue weighted by molar-refractivity contribution is 0.412. The molecular formula is C53H17F16N5. The van der Waals surface area contributed by atoms with Gasteiger partial charge in [0.25, 0.3) is 0 Å². The van der Waals surface area contributed by atoms with Gasteiger partial charge in [-0.05, 0) is 16.7 Å². The minimum Gasteiger partial charge on any atom is -0.353 e. The Hall–Kier alpha value is -9.01. The summed E-state index contributed by atoms with van der Waals surface area (Å²) in [5, 5.41) is -5.35. The lowest BCUT2D eigenvalue weighted by atomic mass is 9.92. The summed E-state index contributed by atoms with van der Waals surface area (Å²) < 4.78 is 260. The highest BCUT2D eigenvalue weighted by atomic mass is 19.2. The highest BCUT2D eigenvalue weighted by Crippen LogP contribution is 2.53. The minimum atomic E-state index is -2.51. The van der Waals surface area contributed by atoms with E-state index in [4.69, 9.17) is 0 Å². The van der Waals surface area contributed by atoms with Gasteiger partial charge in [0.15, 0.2) is 98.9 Å². The summed E-state index contributed by atoms with van der Waals surface area (Å²) in [7, 11) is 0. The first-order valence-electron chi connectivity index (χ1n) is 21.3. The maximum absolute atomic E-state index is 17.0. The lowest BCUT2D eigenvalue weighted by Crippen LogP contribution is -2.01. The van der Waals surface area contributed by atoms with Gasteiger partial charge in [0.2, 0.25) is 0 Å². The molecule has 7 aromatic carbocycles. The van der Waals surface area contributed by atoms with Crippen LogP contribution in [0.3, 0.4) is 0 Å². The van der Waals surface area contributed by atoms with Crippen molar-refractivity contribution in [1.29, 1.82) is 0 Å². The first kappa shape index (κ1) is 46.1. The number of hydrogen-bond acceptors (Lipinski definition) is 3. The molecule has 8 bridgehead atoms. The number of halogens is 16. The maximum Gasteiger partial charge on any atom is 0.198 e. The van der Waals surface area contributed by atoms with Gasteiger partial charge in [-0.15, -0.1) is 0 Å². The fourth-order valence-electron chi connectivity index (χ4n) is 9.65. The van der Waals surface area contributed by atoms with E-state index in [2.05, 4.69) is 24.9 Å². The van der Waals surface area contributed by atoms with E-state index in [9.17, 15) is 0 Å². The second-order valence-corrected chi connectivity index (χ2v) is 16.7. The Morgan fingerprint density at radius 2 is 0.527 bits per heavy atom. The molecule has 3 aromatic heterocycles. The quantitative estimate of drug-likeness (QED) is 0.105. The van der Waals surface area contributed by atoms with Crippen molar-refractivity contribution < 1.29 is 70.2 Å². The Bertz CT molecular complexity index is 4330. The summed E-state index contributed by atoms with van der Waals surface area (Å²) >= 11 is 0. The summed E-state index contributed by atoms with van der Waals surface area (Å²) in [6.07, 6.45) is 0. The first-order chi connectivity index (χ1) is 35.4. The maximum atomic E-state index is 17.0. The van der Waals surface area contributed by atoms with Crippen molar-refractivity contribution in [1.82, 2.24) is 24.9 Å². The van der Waals surface area contributed by atoms with Crippen LogP contribution in [-0.2, 0) is 0 Å². The molecule has 0 spiro atoms. The topological polar surface area (TPSA) is 70.2 Å². The molecule has 21 heteroatoms. The van der Waals surface area contributed by atoms with Gasteiger partial charge in [-0.2, -0.15) is 0 Å². The van der Waals surface area contributed by atoms with Crippen LogP contribution in [0.15, 0.2) is 91.0 Å². The van der Waals surface area contributed by atoms with Gasteiger partial charge in [-0.3, -0.25) is 0 Å². The van der Waals surface area contributed by atoms with Crippen LogP contribution in [0.25, 0.3) is 122 Å². The average molecular weight is 1030 g/mol. The average Bonchev–Trinajstić information content (AvgIpc) is 4.19. The Morgan fingerprint density at radius 1 is 0.243 bits per heavy atom. The number of benzene rings is 7. The van der Waals surface area contributed by atoms with Gasteiger partial charge in [0.1, 0.15) is 5.65 Å². The van der Waals surface area contributed by atoms with E-state index < -0.39 is 199 Å². The van der Waals surface area contributed by atoms with Crippen LogP contribution in [0.2, 0.25) is 0 Å². The Labute approximate surface area is 400 Å². The van der Waals surface area contributed by atoms with Gasteiger partial charge in [0.05, 0.1) is 77.4 Å². The number of rotatable bonds is 3. The number of nitrogens with zero attached hydrogens (tertiary/aromatic N) is 3. The van der Waals surface area contributed by atoms with Gasteiger partial charge in [-0.25, -0.2) is 85.2 Å². The highest BCUT2D eigenvalue weighted by molar-refractivity contribution is 6.20. The fourth-order valence-corrected chi connectivity index (χ4v) is 9.65. The number of fused-ring (bicyclic) bond motifs is 20. The number of H-pyrrole nitrogens is 2. The molecule has 5 heterocycles. The molecule has 0 amide bonds. The molecule has 0 aliphatic carbocycles. The van der Waals surface area contributed by atoms with Crippen molar-refractivity contribution in [3.05, 3.63) is 184 Å². The third-order valence-electron chi connectivity index (χ3n) is 12.8. The van der Waals surface area contributed by atoms with Crippen LogP contribution in [-0.4, -0.2) is 24.9 Å². The summed E-state index contributed by atoms with van der Waals surface area (Å²) in [5.41, 5.74) is -16.3. The molecule has 10 aromatic rings. The van der Waals surface area contributed by atoms with E-state index in [1.807, 2.05) is 0 Å². The number of aromatic amines is 2. The zero-order valence-electron chi connectivity index (χ0n) is 36.0.